The maximum atomic E-state index is 11.0. The lowest BCUT2D eigenvalue weighted by molar-refractivity contribution is 0.0505. The van der Waals surface area contributed by atoms with Crippen molar-refractivity contribution in [3.8, 4) is 11.5 Å². The van der Waals surface area contributed by atoms with Gasteiger partial charge in [0.25, 0.3) is 0 Å². The minimum Gasteiger partial charge on any atom is -0.494 e. The summed E-state index contributed by atoms with van der Waals surface area (Å²) in [5, 5.41) is 0. The standard InChI is InChI=1S/C18H20O4/c1-3-21-17-7-4-14(5-8-17)10-16-11-15(12-19)6-9-18(16)22-13-20-2/h4-9,11-12H,3,10,13H2,1-2H3. The molecule has 0 amide bonds. The highest BCUT2D eigenvalue weighted by Crippen LogP contribution is 2.24. The zero-order valence-electron chi connectivity index (χ0n) is 12.9. The van der Waals surface area contributed by atoms with Crippen molar-refractivity contribution in [2.75, 3.05) is 20.5 Å². The van der Waals surface area contributed by atoms with Gasteiger partial charge in [0.1, 0.15) is 17.8 Å². The first kappa shape index (κ1) is 16.0. The van der Waals surface area contributed by atoms with Crippen LogP contribution in [-0.2, 0) is 11.2 Å². The second kappa shape index (κ2) is 8.20. The first-order chi connectivity index (χ1) is 10.8. The van der Waals surface area contributed by atoms with Gasteiger partial charge in [-0.25, -0.2) is 0 Å². The number of benzene rings is 2. The van der Waals surface area contributed by atoms with E-state index in [4.69, 9.17) is 14.2 Å². The molecule has 0 bridgehead atoms. The maximum absolute atomic E-state index is 11.0. The van der Waals surface area contributed by atoms with E-state index in [2.05, 4.69) is 0 Å². The molecule has 0 spiro atoms. The van der Waals surface area contributed by atoms with Gasteiger partial charge in [0, 0.05) is 19.1 Å². The van der Waals surface area contributed by atoms with Crippen molar-refractivity contribution in [1.29, 1.82) is 0 Å². The molecule has 4 nitrogen and oxygen atoms in total. The van der Waals surface area contributed by atoms with E-state index >= 15 is 0 Å². The molecule has 0 saturated heterocycles. The molecule has 0 aliphatic carbocycles. The van der Waals surface area contributed by atoms with Gasteiger partial charge in [-0.2, -0.15) is 0 Å². The second-order valence-corrected chi connectivity index (χ2v) is 4.79. The van der Waals surface area contributed by atoms with E-state index in [1.165, 1.54) is 0 Å². The third-order valence-corrected chi connectivity index (χ3v) is 3.18. The fourth-order valence-electron chi connectivity index (χ4n) is 2.16. The predicted molar refractivity (Wildman–Crippen MR) is 84.8 cm³/mol. The normalized spacial score (nSPS) is 10.3. The van der Waals surface area contributed by atoms with Crippen molar-refractivity contribution in [1.82, 2.24) is 0 Å². The lowest BCUT2D eigenvalue weighted by Gasteiger charge is -2.12. The van der Waals surface area contributed by atoms with E-state index in [1.54, 1.807) is 19.2 Å². The fourth-order valence-corrected chi connectivity index (χ4v) is 2.16. The van der Waals surface area contributed by atoms with E-state index in [9.17, 15) is 4.79 Å². The zero-order chi connectivity index (χ0) is 15.8. The predicted octanol–water partition coefficient (Wildman–Crippen LogP) is 3.47. The first-order valence-corrected chi connectivity index (χ1v) is 7.18. The highest BCUT2D eigenvalue weighted by atomic mass is 16.7. The van der Waals surface area contributed by atoms with Crippen LogP contribution in [0.3, 0.4) is 0 Å². The Morgan fingerprint density at radius 2 is 1.82 bits per heavy atom. The third-order valence-electron chi connectivity index (χ3n) is 3.18. The molecule has 0 aliphatic heterocycles. The fraction of sp³-hybridized carbons (Fsp3) is 0.278. The summed E-state index contributed by atoms with van der Waals surface area (Å²) in [4.78, 5) is 11.0. The van der Waals surface area contributed by atoms with E-state index in [0.717, 1.165) is 28.9 Å². The summed E-state index contributed by atoms with van der Waals surface area (Å²) in [6.07, 6.45) is 1.51. The Hall–Kier alpha value is -2.33. The van der Waals surface area contributed by atoms with Gasteiger partial charge >= 0.3 is 0 Å². The number of rotatable bonds is 8. The highest BCUT2D eigenvalue weighted by molar-refractivity contribution is 5.75. The molecule has 0 unspecified atom stereocenters. The molecule has 0 heterocycles. The lowest BCUT2D eigenvalue weighted by atomic mass is 10.0. The smallest absolute Gasteiger partial charge is 0.188 e. The van der Waals surface area contributed by atoms with Crippen molar-refractivity contribution in [3.05, 3.63) is 59.2 Å². The highest BCUT2D eigenvalue weighted by Gasteiger charge is 2.07. The number of aldehydes is 1. The lowest BCUT2D eigenvalue weighted by Crippen LogP contribution is -2.03. The van der Waals surface area contributed by atoms with Crippen molar-refractivity contribution < 1.29 is 19.0 Å². The summed E-state index contributed by atoms with van der Waals surface area (Å²) < 4.78 is 15.9. The summed E-state index contributed by atoms with van der Waals surface area (Å²) in [6.45, 7) is 2.78. The summed E-state index contributed by atoms with van der Waals surface area (Å²) in [5.74, 6) is 1.57. The summed E-state index contributed by atoms with van der Waals surface area (Å²) in [7, 11) is 1.58. The van der Waals surface area contributed by atoms with Crippen LogP contribution in [0.1, 0.15) is 28.4 Å². The van der Waals surface area contributed by atoms with Crippen LogP contribution < -0.4 is 9.47 Å². The van der Waals surface area contributed by atoms with Crippen molar-refractivity contribution >= 4 is 6.29 Å². The molecular weight excluding hydrogens is 280 g/mol. The Labute approximate surface area is 130 Å². The van der Waals surface area contributed by atoms with E-state index in [-0.39, 0.29) is 6.79 Å². The molecule has 2 rings (SSSR count). The van der Waals surface area contributed by atoms with Crippen LogP contribution in [0.4, 0.5) is 0 Å². The zero-order valence-corrected chi connectivity index (χ0v) is 12.9. The number of hydrogen-bond donors (Lipinski definition) is 0. The summed E-state index contributed by atoms with van der Waals surface area (Å²) in [6, 6.07) is 13.3. The van der Waals surface area contributed by atoms with Crippen molar-refractivity contribution in [3.63, 3.8) is 0 Å². The average Bonchev–Trinajstić information content (AvgIpc) is 2.55. The number of carbonyl (C=O) groups excluding carboxylic acids is 1. The Bertz CT molecular complexity index is 605. The van der Waals surface area contributed by atoms with Crippen LogP contribution >= 0.6 is 0 Å². The minimum absolute atomic E-state index is 0.177. The molecule has 2 aromatic carbocycles. The molecule has 0 radical (unpaired) electrons. The molecular formula is C18H20O4. The Morgan fingerprint density at radius 3 is 2.45 bits per heavy atom. The van der Waals surface area contributed by atoms with Gasteiger partial charge in [-0.15, -0.1) is 0 Å². The van der Waals surface area contributed by atoms with Crippen LogP contribution in [-0.4, -0.2) is 26.8 Å². The van der Waals surface area contributed by atoms with Crippen molar-refractivity contribution in [2.45, 2.75) is 13.3 Å². The summed E-state index contributed by atoms with van der Waals surface area (Å²) in [5.41, 5.74) is 2.70. The van der Waals surface area contributed by atoms with Gasteiger partial charge in [-0.05, 0) is 48.4 Å². The Kier molecular flexibility index (Phi) is 5.98. The van der Waals surface area contributed by atoms with E-state index in [0.29, 0.717) is 18.6 Å². The van der Waals surface area contributed by atoms with Crippen LogP contribution in [0.2, 0.25) is 0 Å². The second-order valence-electron chi connectivity index (χ2n) is 4.79. The van der Waals surface area contributed by atoms with Crippen LogP contribution in [0.15, 0.2) is 42.5 Å². The van der Waals surface area contributed by atoms with Gasteiger partial charge in [-0.3, -0.25) is 4.79 Å². The molecule has 2 aromatic rings. The van der Waals surface area contributed by atoms with Crippen LogP contribution in [0.25, 0.3) is 0 Å². The summed E-state index contributed by atoms with van der Waals surface area (Å²) >= 11 is 0. The number of carbonyl (C=O) groups is 1. The van der Waals surface area contributed by atoms with Crippen LogP contribution in [0, 0.1) is 0 Å². The first-order valence-electron chi connectivity index (χ1n) is 7.18. The van der Waals surface area contributed by atoms with Gasteiger partial charge in [0.2, 0.25) is 0 Å². The van der Waals surface area contributed by atoms with E-state index in [1.807, 2.05) is 37.3 Å². The maximum Gasteiger partial charge on any atom is 0.188 e. The molecule has 0 aromatic heterocycles. The van der Waals surface area contributed by atoms with E-state index < -0.39 is 0 Å². The number of methoxy groups -OCH3 is 1. The van der Waals surface area contributed by atoms with Gasteiger partial charge < -0.3 is 14.2 Å². The van der Waals surface area contributed by atoms with Crippen molar-refractivity contribution in [2.24, 2.45) is 0 Å². The van der Waals surface area contributed by atoms with Gasteiger partial charge in [0.15, 0.2) is 6.79 Å². The number of hydrogen-bond acceptors (Lipinski definition) is 4. The number of ether oxygens (including phenoxy) is 3. The molecule has 116 valence electrons. The largest absolute Gasteiger partial charge is 0.494 e. The molecule has 4 heteroatoms. The minimum atomic E-state index is 0.177. The average molecular weight is 300 g/mol. The van der Waals surface area contributed by atoms with Gasteiger partial charge in [-0.1, -0.05) is 12.1 Å². The third kappa shape index (κ3) is 4.33. The molecule has 0 atom stereocenters. The van der Waals surface area contributed by atoms with Crippen LogP contribution in [0.5, 0.6) is 11.5 Å². The monoisotopic (exact) mass is 300 g/mol. The molecule has 0 N–H and O–H groups in total. The molecule has 0 aliphatic rings. The topological polar surface area (TPSA) is 44.8 Å². The SMILES string of the molecule is CCOc1ccc(Cc2cc(C=O)ccc2OCOC)cc1. The molecule has 0 saturated carbocycles. The molecule has 0 fully saturated rings. The quantitative estimate of drug-likeness (QED) is 0.553. The van der Waals surface area contributed by atoms with Gasteiger partial charge in [0.05, 0.1) is 6.61 Å². The Morgan fingerprint density at radius 1 is 1.05 bits per heavy atom. The Balaban J connectivity index is 2.20. The molecule has 22 heavy (non-hydrogen) atoms.